The molecule has 0 saturated heterocycles. The minimum Gasteiger partial charge on any atom is -0.495 e. The zero-order valence-electron chi connectivity index (χ0n) is 15.2. The van der Waals surface area contributed by atoms with Crippen molar-refractivity contribution < 1.29 is 27.8 Å². The number of carbonyl (C=O) groups is 1. The van der Waals surface area contributed by atoms with Crippen LogP contribution in [0.25, 0.3) is 0 Å². The molecule has 1 atom stereocenters. The van der Waals surface area contributed by atoms with Crippen molar-refractivity contribution >= 4 is 23.2 Å². The number of aliphatic hydroxyl groups excluding tert-OH is 1. The highest BCUT2D eigenvalue weighted by atomic mass is 35.5. The first-order chi connectivity index (χ1) is 13.2. The third-order valence-corrected chi connectivity index (χ3v) is 4.23. The second-order valence-corrected chi connectivity index (χ2v) is 6.54. The maximum Gasteiger partial charge on any atom is 0.416 e. The van der Waals surface area contributed by atoms with E-state index >= 15 is 0 Å². The zero-order valence-corrected chi connectivity index (χ0v) is 16.0. The van der Waals surface area contributed by atoms with Crippen LogP contribution >= 0.6 is 11.6 Å². The van der Waals surface area contributed by atoms with Gasteiger partial charge in [-0.25, -0.2) is 0 Å². The van der Waals surface area contributed by atoms with Crippen LogP contribution in [0.5, 0.6) is 5.75 Å². The molecule has 2 aromatic rings. The lowest BCUT2D eigenvalue weighted by atomic mass is 10.1. The Morgan fingerprint density at radius 3 is 2.54 bits per heavy atom. The van der Waals surface area contributed by atoms with Crippen molar-refractivity contribution in [1.29, 1.82) is 0 Å². The van der Waals surface area contributed by atoms with Gasteiger partial charge in [0.05, 0.1) is 29.9 Å². The molecule has 1 unspecified atom stereocenters. The molecular formula is C19H20ClF3N2O3. The van der Waals surface area contributed by atoms with Gasteiger partial charge >= 0.3 is 6.18 Å². The van der Waals surface area contributed by atoms with Crippen LogP contribution < -0.4 is 15.4 Å². The van der Waals surface area contributed by atoms with Gasteiger partial charge in [-0.1, -0.05) is 17.7 Å². The molecule has 1 amide bonds. The van der Waals surface area contributed by atoms with E-state index in [1.807, 2.05) is 0 Å². The van der Waals surface area contributed by atoms with Gasteiger partial charge in [0.1, 0.15) is 5.75 Å². The number of hydrogen-bond acceptors (Lipinski definition) is 4. The number of ether oxygens (including phenoxy) is 1. The Labute approximate surface area is 165 Å². The Morgan fingerprint density at radius 1 is 1.25 bits per heavy atom. The number of benzene rings is 2. The quantitative estimate of drug-likeness (QED) is 0.635. The van der Waals surface area contributed by atoms with Crippen LogP contribution in [0, 0.1) is 0 Å². The smallest absolute Gasteiger partial charge is 0.416 e. The number of methoxy groups -OCH3 is 1. The highest BCUT2D eigenvalue weighted by molar-refractivity contribution is 6.32. The fourth-order valence-electron chi connectivity index (χ4n) is 2.44. The number of rotatable bonds is 7. The molecule has 2 rings (SSSR count). The first-order valence-corrected chi connectivity index (χ1v) is 8.72. The van der Waals surface area contributed by atoms with Crippen LogP contribution in [-0.4, -0.2) is 30.8 Å². The summed E-state index contributed by atoms with van der Waals surface area (Å²) in [5.74, 6) is -0.218. The Morgan fingerprint density at radius 2 is 1.96 bits per heavy atom. The summed E-state index contributed by atoms with van der Waals surface area (Å²) in [5.41, 5.74) is -0.258. The van der Waals surface area contributed by atoms with Gasteiger partial charge in [-0.3, -0.25) is 4.79 Å². The SMILES string of the molecule is COc1ccc(CNC(=O)c2cc(C(F)(F)F)ccc2NC(C)CO)cc1Cl. The van der Waals surface area contributed by atoms with Crippen LogP contribution in [-0.2, 0) is 12.7 Å². The van der Waals surface area contributed by atoms with Crippen LogP contribution in [0.3, 0.4) is 0 Å². The molecule has 0 aliphatic heterocycles. The van der Waals surface area contributed by atoms with E-state index in [0.717, 1.165) is 12.1 Å². The molecule has 152 valence electrons. The molecule has 0 aliphatic carbocycles. The van der Waals surface area contributed by atoms with E-state index in [2.05, 4.69) is 10.6 Å². The minimum absolute atomic E-state index is 0.0633. The van der Waals surface area contributed by atoms with Crippen LogP contribution in [0.2, 0.25) is 5.02 Å². The van der Waals surface area contributed by atoms with Gasteiger partial charge in [0.15, 0.2) is 0 Å². The van der Waals surface area contributed by atoms with Gasteiger partial charge < -0.3 is 20.5 Å². The molecule has 2 aromatic carbocycles. The van der Waals surface area contributed by atoms with E-state index < -0.39 is 23.7 Å². The van der Waals surface area contributed by atoms with Crippen LogP contribution in [0.15, 0.2) is 36.4 Å². The normalized spacial score (nSPS) is 12.4. The monoisotopic (exact) mass is 416 g/mol. The number of carbonyl (C=O) groups excluding carboxylic acids is 1. The minimum atomic E-state index is -4.58. The molecule has 3 N–H and O–H groups in total. The lowest BCUT2D eigenvalue weighted by molar-refractivity contribution is -0.137. The number of nitrogens with one attached hydrogen (secondary N) is 2. The molecule has 0 aliphatic rings. The lowest BCUT2D eigenvalue weighted by Crippen LogP contribution is -2.27. The van der Waals surface area contributed by atoms with Crippen molar-refractivity contribution in [2.24, 2.45) is 0 Å². The molecule has 0 radical (unpaired) electrons. The highest BCUT2D eigenvalue weighted by Crippen LogP contribution is 2.32. The van der Waals surface area contributed by atoms with Gasteiger partial charge in [0.2, 0.25) is 0 Å². The second-order valence-electron chi connectivity index (χ2n) is 6.14. The Balaban J connectivity index is 2.24. The van der Waals surface area contributed by atoms with Gasteiger partial charge in [0.25, 0.3) is 5.91 Å². The standard InChI is InChI=1S/C19H20ClF3N2O3/c1-11(10-26)25-16-5-4-13(19(21,22)23)8-14(16)18(27)24-9-12-3-6-17(28-2)15(20)7-12/h3-8,11,25-26H,9-10H2,1-2H3,(H,24,27). The predicted octanol–water partition coefficient (Wildman–Crippen LogP) is 4.09. The summed E-state index contributed by atoms with van der Waals surface area (Å²) < 4.78 is 44.2. The molecule has 28 heavy (non-hydrogen) atoms. The van der Waals surface area contributed by atoms with Crippen molar-refractivity contribution in [2.45, 2.75) is 25.7 Å². The summed E-state index contributed by atoms with van der Waals surface area (Å²) in [4.78, 5) is 12.6. The van der Waals surface area contributed by atoms with Crippen molar-refractivity contribution in [1.82, 2.24) is 5.32 Å². The third kappa shape index (κ3) is 5.53. The van der Waals surface area contributed by atoms with E-state index in [0.29, 0.717) is 16.3 Å². The van der Waals surface area contributed by atoms with E-state index in [1.165, 1.54) is 13.2 Å². The molecule has 0 aromatic heterocycles. The van der Waals surface area contributed by atoms with Crippen molar-refractivity contribution in [3.63, 3.8) is 0 Å². The molecule has 0 fully saturated rings. The molecule has 9 heteroatoms. The van der Waals surface area contributed by atoms with Crippen molar-refractivity contribution in [2.75, 3.05) is 19.0 Å². The summed E-state index contributed by atoms with van der Waals surface area (Å²) in [6.45, 7) is 1.46. The number of hydrogen-bond donors (Lipinski definition) is 3. The largest absolute Gasteiger partial charge is 0.495 e. The number of halogens is 4. The van der Waals surface area contributed by atoms with Crippen LogP contribution in [0.1, 0.15) is 28.4 Å². The fraction of sp³-hybridized carbons (Fsp3) is 0.316. The Bertz CT molecular complexity index is 844. The first-order valence-electron chi connectivity index (χ1n) is 8.35. The maximum atomic E-state index is 13.0. The van der Waals surface area contributed by atoms with Gasteiger partial charge in [-0.05, 0) is 42.8 Å². The Kier molecular flexibility index (Phi) is 7.15. The summed E-state index contributed by atoms with van der Waals surface area (Å²) in [6.07, 6.45) is -4.58. The number of amides is 1. The summed E-state index contributed by atoms with van der Waals surface area (Å²) in [5, 5.41) is 14.9. The summed E-state index contributed by atoms with van der Waals surface area (Å²) >= 11 is 6.03. The molecular weight excluding hydrogens is 397 g/mol. The zero-order chi connectivity index (χ0) is 20.9. The summed E-state index contributed by atoms with van der Waals surface area (Å²) in [6, 6.07) is 7.31. The number of aliphatic hydroxyl groups is 1. The fourth-order valence-corrected chi connectivity index (χ4v) is 2.72. The third-order valence-electron chi connectivity index (χ3n) is 3.94. The van der Waals surface area contributed by atoms with E-state index in [1.54, 1.807) is 25.1 Å². The van der Waals surface area contributed by atoms with Crippen molar-refractivity contribution in [3.8, 4) is 5.75 Å². The second kappa shape index (κ2) is 9.16. The van der Waals surface area contributed by atoms with E-state index in [9.17, 15) is 18.0 Å². The van der Waals surface area contributed by atoms with Gasteiger partial charge in [0, 0.05) is 18.3 Å². The predicted molar refractivity (Wildman–Crippen MR) is 101 cm³/mol. The van der Waals surface area contributed by atoms with E-state index in [-0.39, 0.29) is 24.4 Å². The molecule has 0 bridgehead atoms. The highest BCUT2D eigenvalue weighted by Gasteiger charge is 2.32. The molecule has 0 saturated carbocycles. The average molecular weight is 417 g/mol. The summed E-state index contributed by atoms with van der Waals surface area (Å²) in [7, 11) is 1.47. The maximum absolute atomic E-state index is 13.0. The van der Waals surface area contributed by atoms with Crippen LogP contribution in [0.4, 0.5) is 18.9 Å². The first kappa shape index (κ1) is 21.8. The molecule has 0 spiro atoms. The molecule has 5 nitrogen and oxygen atoms in total. The van der Waals surface area contributed by atoms with E-state index in [4.69, 9.17) is 21.4 Å². The van der Waals surface area contributed by atoms with Gasteiger partial charge in [-0.15, -0.1) is 0 Å². The number of anilines is 1. The lowest BCUT2D eigenvalue weighted by Gasteiger charge is -2.18. The average Bonchev–Trinajstić information content (AvgIpc) is 2.65. The van der Waals surface area contributed by atoms with Crippen molar-refractivity contribution in [3.05, 3.63) is 58.1 Å². The molecule has 0 heterocycles. The topological polar surface area (TPSA) is 70.6 Å². The van der Waals surface area contributed by atoms with Gasteiger partial charge in [-0.2, -0.15) is 13.2 Å². The Hall–Kier alpha value is -2.45. The number of alkyl halides is 3.